The molecule has 0 radical (unpaired) electrons. The van der Waals surface area contributed by atoms with Crippen LogP contribution in [0.2, 0.25) is 0 Å². The third kappa shape index (κ3) is 4.99. The first-order chi connectivity index (χ1) is 5.52. The van der Waals surface area contributed by atoms with E-state index in [1.165, 1.54) is 0 Å². The van der Waals surface area contributed by atoms with Crippen LogP contribution in [0, 0.1) is 5.41 Å². The summed E-state index contributed by atoms with van der Waals surface area (Å²) in [7, 11) is 1.63. The predicted octanol–water partition coefficient (Wildman–Crippen LogP) is 1.74. The van der Waals surface area contributed by atoms with Crippen molar-refractivity contribution in [2.45, 2.75) is 33.6 Å². The van der Waals surface area contributed by atoms with E-state index in [1.54, 1.807) is 7.05 Å². The minimum Gasteiger partial charge on any atom is -0.341 e. The lowest BCUT2D eigenvalue weighted by molar-refractivity contribution is 0.233. The Labute approximate surface area is 74.9 Å². The van der Waals surface area contributed by atoms with Crippen LogP contribution in [0.3, 0.4) is 0 Å². The smallest absolute Gasteiger partial charge is 0.314 e. The van der Waals surface area contributed by atoms with Gasteiger partial charge in [-0.1, -0.05) is 27.2 Å². The van der Waals surface area contributed by atoms with E-state index in [4.69, 9.17) is 0 Å². The third-order valence-electron chi connectivity index (χ3n) is 1.88. The van der Waals surface area contributed by atoms with Gasteiger partial charge in [0.15, 0.2) is 0 Å². The lowest BCUT2D eigenvalue weighted by atomic mass is 9.88. The lowest BCUT2D eigenvalue weighted by Gasteiger charge is -2.23. The molecule has 3 heteroatoms. The van der Waals surface area contributed by atoms with Crippen molar-refractivity contribution in [3.05, 3.63) is 0 Å². The quantitative estimate of drug-likeness (QED) is 0.666. The first kappa shape index (κ1) is 11.3. The maximum atomic E-state index is 10.8. The molecule has 0 aromatic rings. The molecule has 0 aliphatic rings. The monoisotopic (exact) mass is 172 g/mol. The summed E-state index contributed by atoms with van der Waals surface area (Å²) in [6.07, 6.45) is 2.29. The van der Waals surface area contributed by atoms with Crippen molar-refractivity contribution >= 4 is 6.03 Å². The van der Waals surface area contributed by atoms with Crippen molar-refractivity contribution in [2.24, 2.45) is 5.41 Å². The van der Waals surface area contributed by atoms with Gasteiger partial charge in [-0.05, 0) is 11.8 Å². The van der Waals surface area contributed by atoms with Gasteiger partial charge in [-0.15, -0.1) is 0 Å². The summed E-state index contributed by atoms with van der Waals surface area (Å²) in [5.41, 5.74) is 0.210. The van der Waals surface area contributed by atoms with E-state index in [0.717, 1.165) is 19.4 Å². The molecule has 0 bridgehead atoms. The van der Waals surface area contributed by atoms with Gasteiger partial charge in [0, 0.05) is 13.6 Å². The molecule has 0 aromatic heterocycles. The molecular formula is C9H20N2O. The van der Waals surface area contributed by atoms with Gasteiger partial charge in [-0.2, -0.15) is 0 Å². The van der Waals surface area contributed by atoms with Crippen molar-refractivity contribution in [2.75, 3.05) is 13.6 Å². The second-order valence-corrected chi connectivity index (χ2v) is 3.85. The van der Waals surface area contributed by atoms with Crippen LogP contribution in [-0.2, 0) is 0 Å². The molecule has 2 N–H and O–H groups in total. The van der Waals surface area contributed by atoms with E-state index in [1.807, 2.05) is 0 Å². The lowest BCUT2D eigenvalue weighted by Crippen LogP contribution is -2.39. The summed E-state index contributed by atoms with van der Waals surface area (Å²) < 4.78 is 0. The van der Waals surface area contributed by atoms with Crippen LogP contribution in [0.15, 0.2) is 0 Å². The van der Waals surface area contributed by atoms with Crippen molar-refractivity contribution in [3.63, 3.8) is 0 Å². The van der Waals surface area contributed by atoms with Crippen LogP contribution in [0.25, 0.3) is 0 Å². The van der Waals surface area contributed by atoms with Gasteiger partial charge >= 0.3 is 6.03 Å². The SMILES string of the molecule is CCCC(C)(C)CNC(=O)NC. The number of urea groups is 1. The molecular weight excluding hydrogens is 152 g/mol. The van der Waals surface area contributed by atoms with E-state index >= 15 is 0 Å². The molecule has 0 fully saturated rings. The molecule has 0 saturated carbocycles. The zero-order chi connectivity index (χ0) is 9.61. The molecule has 0 atom stereocenters. The van der Waals surface area contributed by atoms with Gasteiger partial charge in [0.1, 0.15) is 0 Å². The van der Waals surface area contributed by atoms with Crippen LogP contribution < -0.4 is 10.6 Å². The number of carbonyl (C=O) groups excluding carboxylic acids is 1. The Morgan fingerprint density at radius 1 is 1.42 bits per heavy atom. The average molecular weight is 172 g/mol. The molecule has 2 amide bonds. The van der Waals surface area contributed by atoms with Crippen molar-refractivity contribution in [3.8, 4) is 0 Å². The zero-order valence-electron chi connectivity index (χ0n) is 8.53. The van der Waals surface area contributed by atoms with E-state index in [2.05, 4.69) is 31.4 Å². The second-order valence-electron chi connectivity index (χ2n) is 3.85. The first-order valence-corrected chi connectivity index (χ1v) is 4.47. The average Bonchev–Trinajstić information content (AvgIpc) is 2.00. The van der Waals surface area contributed by atoms with Gasteiger partial charge in [0.25, 0.3) is 0 Å². The summed E-state index contributed by atoms with van der Waals surface area (Å²) in [5, 5.41) is 5.34. The number of hydrogen-bond acceptors (Lipinski definition) is 1. The minimum absolute atomic E-state index is 0.0980. The zero-order valence-corrected chi connectivity index (χ0v) is 8.53. The highest BCUT2D eigenvalue weighted by atomic mass is 16.2. The van der Waals surface area contributed by atoms with Gasteiger partial charge in [0.05, 0.1) is 0 Å². The van der Waals surface area contributed by atoms with Crippen molar-refractivity contribution in [1.29, 1.82) is 0 Å². The summed E-state index contributed by atoms with van der Waals surface area (Å²) in [6.45, 7) is 7.21. The molecule has 12 heavy (non-hydrogen) atoms. The minimum atomic E-state index is -0.0980. The fourth-order valence-corrected chi connectivity index (χ4v) is 1.17. The van der Waals surface area contributed by atoms with Crippen molar-refractivity contribution in [1.82, 2.24) is 10.6 Å². The van der Waals surface area contributed by atoms with E-state index in [0.29, 0.717) is 0 Å². The molecule has 0 unspecified atom stereocenters. The highest BCUT2D eigenvalue weighted by Crippen LogP contribution is 2.20. The van der Waals surface area contributed by atoms with Crippen LogP contribution in [0.5, 0.6) is 0 Å². The Hall–Kier alpha value is -0.730. The Kier molecular flexibility index (Phi) is 4.71. The van der Waals surface area contributed by atoms with Crippen LogP contribution >= 0.6 is 0 Å². The van der Waals surface area contributed by atoms with Crippen LogP contribution in [-0.4, -0.2) is 19.6 Å². The summed E-state index contributed by atoms with van der Waals surface area (Å²) in [5.74, 6) is 0. The second kappa shape index (κ2) is 5.01. The Balaban J connectivity index is 3.67. The number of rotatable bonds is 4. The third-order valence-corrected chi connectivity index (χ3v) is 1.88. The fraction of sp³-hybridized carbons (Fsp3) is 0.889. The standard InChI is InChI=1S/C9H20N2O/c1-5-6-9(2,3)7-11-8(12)10-4/h5-7H2,1-4H3,(H2,10,11,12). The number of carbonyl (C=O) groups is 1. The summed E-state index contributed by atoms with van der Waals surface area (Å²) in [4.78, 5) is 10.8. The van der Waals surface area contributed by atoms with Gasteiger partial charge < -0.3 is 10.6 Å². The van der Waals surface area contributed by atoms with E-state index in [9.17, 15) is 4.79 Å². The van der Waals surface area contributed by atoms with Crippen LogP contribution in [0.4, 0.5) is 4.79 Å². The molecule has 0 rings (SSSR count). The van der Waals surface area contributed by atoms with Crippen molar-refractivity contribution < 1.29 is 4.79 Å². The van der Waals surface area contributed by atoms with Gasteiger partial charge in [-0.3, -0.25) is 0 Å². The predicted molar refractivity (Wildman–Crippen MR) is 51.1 cm³/mol. The largest absolute Gasteiger partial charge is 0.341 e. The highest BCUT2D eigenvalue weighted by molar-refractivity contribution is 5.73. The number of hydrogen-bond donors (Lipinski definition) is 2. The maximum Gasteiger partial charge on any atom is 0.314 e. The van der Waals surface area contributed by atoms with E-state index in [-0.39, 0.29) is 11.4 Å². The number of amides is 2. The molecule has 0 heterocycles. The Morgan fingerprint density at radius 2 is 2.00 bits per heavy atom. The maximum absolute atomic E-state index is 10.8. The number of nitrogens with one attached hydrogen (secondary N) is 2. The molecule has 72 valence electrons. The molecule has 0 aliphatic carbocycles. The topological polar surface area (TPSA) is 41.1 Å². The Bertz CT molecular complexity index is 143. The first-order valence-electron chi connectivity index (χ1n) is 4.47. The molecule has 0 aromatic carbocycles. The Morgan fingerprint density at radius 3 is 2.42 bits per heavy atom. The summed E-state index contributed by atoms with van der Waals surface area (Å²) >= 11 is 0. The van der Waals surface area contributed by atoms with Crippen LogP contribution in [0.1, 0.15) is 33.6 Å². The molecule has 3 nitrogen and oxygen atoms in total. The van der Waals surface area contributed by atoms with E-state index < -0.39 is 0 Å². The van der Waals surface area contributed by atoms with Gasteiger partial charge in [-0.25, -0.2) is 4.79 Å². The van der Waals surface area contributed by atoms with Gasteiger partial charge in [0.2, 0.25) is 0 Å². The molecule has 0 aliphatic heterocycles. The fourth-order valence-electron chi connectivity index (χ4n) is 1.17. The normalized spacial score (nSPS) is 11.0. The molecule has 0 spiro atoms. The molecule has 0 saturated heterocycles. The highest BCUT2D eigenvalue weighted by Gasteiger charge is 2.16. The summed E-state index contributed by atoms with van der Waals surface area (Å²) in [6, 6.07) is -0.0980.